The molecule has 9 heteroatoms. The van der Waals surface area contributed by atoms with Gasteiger partial charge in [-0.3, -0.25) is 0 Å². The van der Waals surface area contributed by atoms with Crippen molar-refractivity contribution in [1.29, 1.82) is 5.26 Å². The first-order chi connectivity index (χ1) is 19.5. The van der Waals surface area contributed by atoms with Crippen molar-refractivity contribution in [2.75, 3.05) is 30.3 Å². The molecule has 5 saturated carbocycles. The van der Waals surface area contributed by atoms with Gasteiger partial charge in [0.05, 0.1) is 12.8 Å². The Balaban J connectivity index is 1.06. The maximum atomic E-state index is 9.73. The molecule has 1 heterocycles. The molecule has 2 aromatic rings. The lowest BCUT2D eigenvalue weighted by molar-refractivity contribution is -0.0730. The van der Waals surface area contributed by atoms with Gasteiger partial charge in [0.2, 0.25) is 5.95 Å². The van der Waals surface area contributed by atoms with E-state index in [0.717, 1.165) is 29.9 Å². The van der Waals surface area contributed by atoms with E-state index in [2.05, 4.69) is 32.3 Å². The first-order valence-electron chi connectivity index (χ1n) is 15.1. The molecule has 8 nitrogen and oxygen atoms in total. The van der Waals surface area contributed by atoms with Crippen molar-refractivity contribution < 1.29 is 5.11 Å². The predicted octanol–water partition coefficient (Wildman–Crippen LogP) is 4.70. The van der Waals surface area contributed by atoms with Crippen molar-refractivity contribution in [3.63, 3.8) is 0 Å². The number of nitrogens with zero attached hydrogens (tertiary/aromatic N) is 3. The number of rotatable bonds is 11. The van der Waals surface area contributed by atoms with Gasteiger partial charge in [-0.2, -0.15) is 10.2 Å². The smallest absolute Gasteiger partial charge is 0.224 e. The van der Waals surface area contributed by atoms with Crippen LogP contribution in [0.2, 0.25) is 5.02 Å². The summed E-state index contributed by atoms with van der Waals surface area (Å²) >= 11 is 6.31. The molecule has 5 aliphatic carbocycles. The molecular weight excluding hydrogens is 522 g/mol. The van der Waals surface area contributed by atoms with Crippen molar-refractivity contribution in [1.82, 2.24) is 20.6 Å². The minimum atomic E-state index is 0.220. The van der Waals surface area contributed by atoms with Gasteiger partial charge in [-0.15, -0.1) is 0 Å². The highest BCUT2D eigenvalue weighted by molar-refractivity contribution is 6.31. The first-order valence-corrected chi connectivity index (χ1v) is 15.5. The molecule has 0 amide bonds. The molecule has 5 fully saturated rings. The molecule has 0 aliphatic heterocycles. The van der Waals surface area contributed by atoms with Gasteiger partial charge < -0.3 is 26.4 Å². The van der Waals surface area contributed by atoms with Gasteiger partial charge in [-0.05, 0) is 92.6 Å². The van der Waals surface area contributed by atoms with Crippen LogP contribution in [0.1, 0.15) is 68.9 Å². The Morgan fingerprint density at radius 1 is 1.02 bits per heavy atom. The summed E-state index contributed by atoms with van der Waals surface area (Å²) in [6, 6.07) is 11.8. The molecule has 0 spiro atoms. The summed E-state index contributed by atoms with van der Waals surface area (Å²) in [5.41, 5.74) is 1.75. The Kier molecular flexibility index (Phi) is 8.45. The third-order valence-electron chi connectivity index (χ3n) is 10.0. The quantitative estimate of drug-likeness (QED) is 0.267. The van der Waals surface area contributed by atoms with Crippen LogP contribution in [0.5, 0.6) is 0 Å². The van der Waals surface area contributed by atoms with Crippen LogP contribution in [0.25, 0.3) is 0 Å². The van der Waals surface area contributed by atoms with Crippen LogP contribution in [-0.4, -0.2) is 52.9 Å². The van der Waals surface area contributed by atoms with Crippen molar-refractivity contribution >= 4 is 23.4 Å². The highest BCUT2D eigenvalue weighted by Gasteiger charge is 2.55. The maximum absolute atomic E-state index is 9.73. The number of aromatic nitrogens is 2. The number of nitriles is 1. The molecule has 5 N–H and O–H groups in total. The summed E-state index contributed by atoms with van der Waals surface area (Å²) in [6.07, 6.45) is 13.0. The summed E-state index contributed by atoms with van der Waals surface area (Å²) < 4.78 is 0. The Labute approximate surface area is 242 Å². The second-order valence-corrected chi connectivity index (χ2v) is 13.2. The Morgan fingerprint density at radius 3 is 2.50 bits per heavy atom. The molecule has 0 saturated heterocycles. The van der Waals surface area contributed by atoms with Crippen LogP contribution >= 0.6 is 11.6 Å². The molecule has 7 rings (SSSR count). The van der Waals surface area contributed by atoms with Crippen LogP contribution in [0.4, 0.5) is 11.8 Å². The van der Waals surface area contributed by atoms with E-state index in [9.17, 15) is 5.26 Å². The van der Waals surface area contributed by atoms with Gasteiger partial charge in [-0.1, -0.05) is 29.8 Å². The third kappa shape index (κ3) is 6.08. The lowest BCUT2D eigenvalue weighted by Crippen LogP contribution is -2.61. The number of anilines is 2. The maximum Gasteiger partial charge on any atom is 0.224 e. The van der Waals surface area contributed by atoms with E-state index in [-0.39, 0.29) is 12.0 Å². The van der Waals surface area contributed by atoms with Crippen molar-refractivity contribution in [2.45, 2.75) is 82.5 Å². The molecule has 0 radical (unpaired) electrons. The average Bonchev–Trinajstić information content (AvgIpc) is 2.97. The van der Waals surface area contributed by atoms with Crippen LogP contribution in [0, 0.1) is 34.5 Å². The lowest BCUT2D eigenvalue weighted by Gasteiger charge is -2.61. The topological polar surface area (TPSA) is 118 Å². The van der Waals surface area contributed by atoms with E-state index in [0.29, 0.717) is 53.6 Å². The van der Waals surface area contributed by atoms with Crippen LogP contribution in [0.15, 0.2) is 30.5 Å². The number of hydrogen-bond acceptors (Lipinski definition) is 8. The van der Waals surface area contributed by atoms with Crippen molar-refractivity contribution in [2.24, 2.45) is 23.2 Å². The zero-order valence-electron chi connectivity index (χ0n) is 23.2. The first kappa shape index (κ1) is 27.7. The highest BCUT2D eigenvalue weighted by Crippen LogP contribution is 2.60. The molecule has 1 aromatic heterocycles. The molecule has 1 aromatic carbocycles. The fourth-order valence-electron chi connectivity index (χ4n) is 8.46. The number of benzene rings is 1. The van der Waals surface area contributed by atoms with Gasteiger partial charge in [0.1, 0.15) is 17.5 Å². The molecule has 4 bridgehead atoms. The lowest BCUT2D eigenvalue weighted by atomic mass is 9.47. The Bertz CT molecular complexity index is 1190. The number of hydrogen-bond donors (Lipinski definition) is 5. The Morgan fingerprint density at radius 2 is 1.77 bits per heavy atom. The van der Waals surface area contributed by atoms with E-state index in [4.69, 9.17) is 21.7 Å². The van der Waals surface area contributed by atoms with Crippen molar-refractivity contribution in [3.05, 3.63) is 46.6 Å². The zero-order valence-corrected chi connectivity index (χ0v) is 24.0. The van der Waals surface area contributed by atoms with E-state index in [1.54, 1.807) is 6.20 Å². The fourth-order valence-corrected chi connectivity index (χ4v) is 8.66. The second kappa shape index (κ2) is 12.2. The van der Waals surface area contributed by atoms with Crippen molar-refractivity contribution in [3.8, 4) is 6.07 Å². The standard InChI is InChI=1S/C31H42ClN7O/c32-27-4-2-1-3-21(27)17-35-30-36-18-24(16-33)29(39-30)37-19-31-13-20-11-22(14-31)28(23(12-20)15-31)38-26-7-5-25(6-8-26)34-9-10-40/h1-4,18,20,22-23,25-26,28,34,38,40H,5-15,17,19H2,(H2,35,36,37,39)/t20?,22-,23+,25-,26+,28+,31?. The molecule has 5 aliphatic rings. The Hall–Kier alpha value is -2.44. The average molecular weight is 564 g/mol. The molecule has 2 unspecified atom stereocenters. The van der Waals surface area contributed by atoms with E-state index >= 15 is 0 Å². The minimum Gasteiger partial charge on any atom is -0.395 e. The summed E-state index contributed by atoms with van der Waals surface area (Å²) in [5.74, 6) is 3.43. The number of halogens is 1. The van der Waals surface area contributed by atoms with Crippen LogP contribution in [-0.2, 0) is 6.54 Å². The van der Waals surface area contributed by atoms with E-state index in [1.165, 1.54) is 57.8 Å². The van der Waals surface area contributed by atoms with E-state index < -0.39 is 0 Å². The van der Waals surface area contributed by atoms with Gasteiger partial charge in [0, 0.05) is 42.8 Å². The summed E-state index contributed by atoms with van der Waals surface area (Å²) in [7, 11) is 0. The van der Waals surface area contributed by atoms with Crippen LogP contribution < -0.4 is 21.3 Å². The van der Waals surface area contributed by atoms with Gasteiger partial charge in [0.15, 0.2) is 0 Å². The molecule has 5 atom stereocenters. The minimum absolute atomic E-state index is 0.220. The number of nitrogens with one attached hydrogen (secondary N) is 4. The summed E-state index contributed by atoms with van der Waals surface area (Å²) in [4.78, 5) is 9.06. The summed E-state index contributed by atoms with van der Waals surface area (Å²) in [6.45, 7) is 2.31. The molecular formula is C31H42ClN7O. The monoisotopic (exact) mass is 563 g/mol. The number of aliphatic hydroxyl groups is 1. The largest absolute Gasteiger partial charge is 0.395 e. The second-order valence-electron chi connectivity index (χ2n) is 12.8. The summed E-state index contributed by atoms with van der Waals surface area (Å²) in [5, 5.41) is 34.0. The highest BCUT2D eigenvalue weighted by atomic mass is 35.5. The van der Waals surface area contributed by atoms with Gasteiger partial charge in [-0.25, -0.2) is 4.98 Å². The third-order valence-corrected chi connectivity index (χ3v) is 10.4. The van der Waals surface area contributed by atoms with Crippen LogP contribution in [0.3, 0.4) is 0 Å². The molecule has 40 heavy (non-hydrogen) atoms. The molecule has 214 valence electrons. The predicted molar refractivity (Wildman–Crippen MR) is 158 cm³/mol. The van der Waals surface area contributed by atoms with Gasteiger partial charge in [0.25, 0.3) is 0 Å². The normalized spacial score (nSPS) is 32.5. The zero-order chi connectivity index (χ0) is 27.5. The fraction of sp³-hybridized carbons (Fsp3) is 0.645. The van der Waals surface area contributed by atoms with E-state index in [1.807, 2.05) is 24.3 Å². The SMILES string of the molecule is N#Cc1cnc(NCc2ccccc2Cl)nc1NCC12CC3C[C@H](C1)[C@H](N[C@H]1CC[C@@H](NCCO)CC1)[C@@H](C3)C2. The number of aliphatic hydroxyl groups excluding tert-OH is 1. The van der Waals surface area contributed by atoms with Gasteiger partial charge >= 0.3 is 0 Å².